The van der Waals surface area contributed by atoms with Gasteiger partial charge >= 0.3 is 0 Å². The van der Waals surface area contributed by atoms with Gasteiger partial charge in [-0.05, 0) is 17.5 Å². The first kappa shape index (κ1) is 8.45. The zero-order valence-corrected chi connectivity index (χ0v) is 8.28. The van der Waals surface area contributed by atoms with Crippen LogP contribution in [0.2, 0.25) is 0 Å². The van der Waals surface area contributed by atoms with Gasteiger partial charge in [-0.2, -0.15) is 0 Å². The van der Waals surface area contributed by atoms with Crippen LogP contribution in [0.4, 0.5) is 0 Å². The van der Waals surface area contributed by atoms with Crippen molar-refractivity contribution < 1.29 is 4.74 Å². The number of fused-ring (bicyclic) bond motifs is 1. The summed E-state index contributed by atoms with van der Waals surface area (Å²) in [5, 5.41) is 0. The largest absolute Gasteiger partial charge is 0.363 e. The van der Waals surface area contributed by atoms with Crippen LogP contribution in [0.25, 0.3) is 0 Å². The molecule has 1 saturated heterocycles. The van der Waals surface area contributed by atoms with Gasteiger partial charge in [0.1, 0.15) is 6.23 Å². The third kappa shape index (κ3) is 1.35. The first-order valence-corrected chi connectivity index (χ1v) is 5.36. The standard InChI is InChI=1S/C12H15NO/c1-2-4-11-9-13(12-6-8-14-12)7-5-10(11)3-1/h1-4,12H,5-9H2. The van der Waals surface area contributed by atoms with Crippen LogP contribution in [0.3, 0.4) is 0 Å². The van der Waals surface area contributed by atoms with E-state index in [1.165, 1.54) is 24.0 Å². The fraction of sp³-hybridized carbons (Fsp3) is 0.500. The topological polar surface area (TPSA) is 12.5 Å². The van der Waals surface area contributed by atoms with E-state index in [9.17, 15) is 0 Å². The van der Waals surface area contributed by atoms with Crippen molar-refractivity contribution in [2.45, 2.75) is 25.6 Å². The molecule has 1 unspecified atom stereocenters. The minimum Gasteiger partial charge on any atom is -0.363 e. The zero-order valence-electron chi connectivity index (χ0n) is 8.28. The van der Waals surface area contributed by atoms with Gasteiger partial charge in [0.15, 0.2) is 0 Å². The average molecular weight is 189 g/mol. The lowest BCUT2D eigenvalue weighted by Crippen LogP contribution is -2.46. The van der Waals surface area contributed by atoms with Crippen molar-refractivity contribution in [2.75, 3.05) is 13.2 Å². The summed E-state index contributed by atoms with van der Waals surface area (Å²) in [6.07, 6.45) is 2.79. The smallest absolute Gasteiger partial charge is 0.113 e. The molecule has 2 nitrogen and oxygen atoms in total. The normalized spacial score (nSPS) is 26.7. The molecule has 3 rings (SSSR count). The van der Waals surface area contributed by atoms with Crippen LogP contribution in [0.1, 0.15) is 17.5 Å². The molecule has 74 valence electrons. The predicted octanol–water partition coefficient (Wildman–Crippen LogP) is 1.79. The lowest BCUT2D eigenvalue weighted by Gasteiger charge is -2.40. The molecule has 0 aromatic heterocycles. The highest BCUT2D eigenvalue weighted by Crippen LogP contribution is 2.24. The van der Waals surface area contributed by atoms with Crippen LogP contribution < -0.4 is 0 Å². The molecular formula is C12H15NO. The lowest BCUT2D eigenvalue weighted by atomic mass is 9.99. The first-order chi connectivity index (χ1) is 6.93. The van der Waals surface area contributed by atoms with E-state index in [-0.39, 0.29) is 0 Å². The Bertz CT molecular complexity index is 333. The number of nitrogens with zero attached hydrogens (tertiary/aromatic N) is 1. The maximum absolute atomic E-state index is 5.51. The summed E-state index contributed by atoms with van der Waals surface area (Å²) in [5.74, 6) is 0. The molecule has 2 aliphatic heterocycles. The Morgan fingerprint density at radius 3 is 2.71 bits per heavy atom. The Hall–Kier alpha value is -0.860. The molecule has 2 heterocycles. The maximum atomic E-state index is 5.51. The molecule has 0 N–H and O–H groups in total. The number of hydrogen-bond acceptors (Lipinski definition) is 2. The molecule has 1 aromatic carbocycles. The monoisotopic (exact) mass is 189 g/mol. The molecule has 0 aliphatic carbocycles. The van der Waals surface area contributed by atoms with Crippen molar-refractivity contribution in [3.8, 4) is 0 Å². The Labute approximate surface area is 84.5 Å². The van der Waals surface area contributed by atoms with Gasteiger partial charge < -0.3 is 4.74 Å². The van der Waals surface area contributed by atoms with Gasteiger partial charge in [0.25, 0.3) is 0 Å². The van der Waals surface area contributed by atoms with Gasteiger partial charge in [0.2, 0.25) is 0 Å². The molecule has 0 radical (unpaired) electrons. The van der Waals surface area contributed by atoms with Crippen LogP contribution in [-0.4, -0.2) is 24.3 Å². The SMILES string of the molecule is c1ccc2c(c1)CCN(C1CCO1)C2. The molecular weight excluding hydrogens is 174 g/mol. The fourth-order valence-electron chi connectivity index (χ4n) is 2.27. The van der Waals surface area contributed by atoms with Crippen molar-refractivity contribution in [2.24, 2.45) is 0 Å². The summed E-state index contributed by atoms with van der Waals surface area (Å²) in [7, 11) is 0. The van der Waals surface area contributed by atoms with Gasteiger partial charge in [-0.1, -0.05) is 24.3 Å². The van der Waals surface area contributed by atoms with Crippen molar-refractivity contribution in [3.05, 3.63) is 35.4 Å². The van der Waals surface area contributed by atoms with E-state index in [2.05, 4.69) is 29.2 Å². The second-order valence-corrected chi connectivity index (χ2v) is 4.10. The number of rotatable bonds is 1. The highest BCUT2D eigenvalue weighted by Gasteiger charge is 2.28. The summed E-state index contributed by atoms with van der Waals surface area (Å²) in [6, 6.07) is 8.74. The summed E-state index contributed by atoms with van der Waals surface area (Å²) < 4.78 is 5.51. The van der Waals surface area contributed by atoms with Crippen LogP contribution in [0, 0.1) is 0 Å². The maximum Gasteiger partial charge on any atom is 0.113 e. The van der Waals surface area contributed by atoms with Crippen molar-refractivity contribution >= 4 is 0 Å². The fourth-order valence-corrected chi connectivity index (χ4v) is 2.27. The van der Waals surface area contributed by atoms with E-state index < -0.39 is 0 Å². The summed E-state index contributed by atoms with van der Waals surface area (Å²) in [6.45, 7) is 3.17. The number of benzene rings is 1. The third-order valence-corrected chi connectivity index (χ3v) is 3.24. The van der Waals surface area contributed by atoms with E-state index in [1.54, 1.807) is 0 Å². The van der Waals surface area contributed by atoms with Crippen LogP contribution >= 0.6 is 0 Å². The summed E-state index contributed by atoms with van der Waals surface area (Å²) in [4.78, 5) is 2.45. The highest BCUT2D eigenvalue weighted by atomic mass is 16.5. The lowest BCUT2D eigenvalue weighted by molar-refractivity contribution is -0.149. The van der Waals surface area contributed by atoms with E-state index in [0.717, 1.165) is 19.7 Å². The Balaban J connectivity index is 1.79. The number of hydrogen-bond donors (Lipinski definition) is 0. The molecule has 0 bridgehead atoms. The molecule has 1 aromatic rings. The second-order valence-electron chi connectivity index (χ2n) is 4.10. The minimum absolute atomic E-state index is 0.406. The first-order valence-electron chi connectivity index (χ1n) is 5.36. The van der Waals surface area contributed by atoms with Crippen molar-refractivity contribution in [1.29, 1.82) is 0 Å². The predicted molar refractivity (Wildman–Crippen MR) is 54.9 cm³/mol. The van der Waals surface area contributed by atoms with Gasteiger partial charge in [-0.3, -0.25) is 4.90 Å². The van der Waals surface area contributed by atoms with E-state index in [0.29, 0.717) is 6.23 Å². The molecule has 2 heteroatoms. The number of ether oxygens (including phenoxy) is 1. The minimum atomic E-state index is 0.406. The van der Waals surface area contributed by atoms with Crippen molar-refractivity contribution in [3.63, 3.8) is 0 Å². The van der Waals surface area contributed by atoms with Crippen LogP contribution in [0.5, 0.6) is 0 Å². The Kier molecular flexibility index (Phi) is 2.03. The van der Waals surface area contributed by atoms with Gasteiger partial charge in [-0.25, -0.2) is 0 Å². The summed E-state index contributed by atoms with van der Waals surface area (Å²) >= 11 is 0. The molecule has 0 saturated carbocycles. The Morgan fingerprint density at radius 2 is 2.00 bits per heavy atom. The zero-order chi connectivity index (χ0) is 9.38. The quantitative estimate of drug-likeness (QED) is 0.668. The Morgan fingerprint density at radius 1 is 1.21 bits per heavy atom. The van der Waals surface area contributed by atoms with Gasteiger partial charge in [0, 0.05) is 19.5 Å². The van der Waals surface area contributed by atoms with Gasteiger partial charge in [0.05, 0.1) is 6.61 Å². The van der Waals surface area contributed by atoms with Crippen LogP contribution in [0.15, 0.2) is 24.3 Å². The van der Waals surface area contributed by atoms with Crippen LogP contribution in [-0.2, 0) is 17.7 Å². The van der Waals surface area contributed by atoms with Crippen molar-refractivity contribution in [1.82, 2.24) is 4.90 Å². The molecule has 2 aliphatic rings. The van der Waals surface area contributed by atoms with E-state index in [1.807, 2.05) is 0 Å². The summed E-state index contributed by atoms with van der Waals surface area (Å²) in [5.41, 5.74) is 3.00. The second kappa shape index (κ2) is 3.37. The van der Waals surface area contributed by atoms with Gasteiger partial charge in [-0.15, -0.1) is 0 Å². The van der Waals surface area contributed by atoms with E-state index in [4.69, 9.17) is 4.74 Å². The molecule has 1 fully saturated rings. The molecule has 14 heavy (non-hydrogen) atoms. The highest BCUT2D eigenvalue weighted by molar-refractivity contribution is 5.29. The van der Waals surface area contributed by atoms with E-state index >= 15 is 0 Å². The average Bonchev–Trinajstić information content (AvgIpc) is 2.15. The third-order valence-electron chi connectivity index (χ3n) is 3.24. The molecule has 0 spiro atoms. The molecule has 1 atom stereocenters. The molecule has 0 amide bonds.